The molecular formula is C31H30FNO4. The quantitative estimate of drug-likeness (QED) is 0.291. The number of carboxylic acids is 1. The van der Waals surface area contributed by atoms with Gasteiger partial charge in [0.1, 0.15) is 17.2 Å². The Kier molecular flexibility index (Phi) is 6.59. The van der Waals surface area contributed by atoms with Gasteiger partial charge >= 0.3 is 5.97 Å². The molecule has 5 rings (SSSR count). The van der Waals surface area contributed by atoms with Gasteiger partial charge in [-0.25, -0.2) is 4.39 Å². The average molecular weight is 500 g/mol. The number of carbonyl (C=O) groups is 1. The fraction of sp³-hybridized carbons (Fsp3) is 0.290. The molecule has 5 nitrogen and oxygen atoms in total. The van der Waals surface area contributed by atoms with Gasteiger partial charge in [0.15, 0.2) is 5.43 Å². The van der Waals surface area contributed by atoms with Crippen molar-refractivity contribution in [1.29, 1.82) is 0 Å². The maximum atomic E-state index is 13.6. The number of benzene rings is 3. The summed E-state index contributed by atoms with van der Waals surface area (Å²) in [5, 5.41) is 13.6. The van der Waals surface area contributed by atoms with Crippen LogP contribution in [-0.2, 0) is 24.1 Å². The third-order valence-corrected chi connectivity index (χ3v) is 7.40. The van der Waals surface area contributed by atoms with Crippen LogP contribution in [0.25, 0.3) is 22.3 Å². The summed E-state index contributed by atoms with van der Waals surface area (Å²) >= 11 is 0. The van der Waals surface area contributed by atoms with Crippen LogP contribution < -0.4 is 10.7 Å². The van der Waals surface area contributed by atoms with Crippen LogP contribution in [-0.4, -0.2) is 11.1 Å². The third kappa shape index (κ3) is 4.64. The lowest BCUT2D eigenvalue weighted by atomic mass is 9.93. The first-order valence-electron chi connectivity index (χ1n) is 12.7. The Morgan fingerprint density at radius 1 is 1.11 bits per heavy atom. The van der Waals surface area contributed by atoms with Gasteiger partial charge in [-0.15, -0.1) is 0 Å². The van der Waals surface area contributed by atoms with Crippen LogP contribution >= 0.6 is 0 Å². The van der Waals surface area contributed by atoms with Gasteiger partial charge in [-0.1, -0.05) is 25.1 Å². The zero-order valence-electron chi connectivity index (χ0n) is 21.2. The molecule has 1 heterocycles. The van der Waals surface area contributed by atoms with Crippen molar-refractivity contribution >= 4 is 22.6 Å². The molecule has 3 aromatic carbocycles. The van der Waals surface area contributed by atoms with Gasteiger partial charge < -0.3 is 14.8 Å². The highest BCUT2D eigenvalue weighted by Gasteiger charge is 2.26. The number of aliphatic carboxylic acids is 1. The first-order valence-corrected chi connectivity index (χ1v) is 12.7. The van der Waals surface area contributed by atoms with E-state index in [2.05, 4.69) is 5.32 Å². The fourth-order valence-corrected chi connectivity index (χ4v) is 5.41. The second-order valence-electron chi connectivity index (χ2n) is 10.0. The molecule has 2 atom stereocenters. The van der Waals surface area contributed by atoms with E-state index in [1.807, 2.05) is 37.3 Å². The summed E-state index contributed by atoms with van der Waals surface area (Å²) in [7, 11) is 0. The van der Waals surface area contributed by atoms with Crippen LogP contribution in [0.2, 0.25) is 0 Å². The fourth-order valence-electron chi connectivity index (χ4n) is 5.41. The maximum absolute atomic E-state index is 13.6. The molecule has 0 aliphatic heterocycles. The number of halogens is 1. The van der Waals surface area contributed by atoms with Crippen LogP contribution in [0.5, 0.6) is 0 Å². The summed E-state index contributed by atoms with van der Waals surface area (Å²) in [5.41, 5.74) is 6.71. The highest BCUT2D eigenvalue weighted by molar-refractivity contribution is 5.86. The zero-order valence-corrected chi connectivity index (χ0v) is 21.2. The molecule has 0 bridgehead atoms. The van der Waals surface area contributed by atoms with E-state index in [0.717, 1.165) is 36.1 Å². The SMILES string of the molecule is Cc1c(-c2ccc(F)cc2)oc2c(C(C)Nc3ccccc3CC(C)C(=O)O)c3c(cc2c1=O)CCC3. The Morgan fingerprint density at radius 3 is 2.57 bits per heavy atom. The van der Waals surface area contributed by atoms with Gasteiger partial charge in [-0.3, -0.25) is 9.59 Å². The second kappa shape index (κ2) is 9.85. The van der Waals surface area contributed by atoms with Crippen LogP contribution in [0, 0.1) is 18.7 Å². The van der Waals surface area contributed by atoms with E-state index in [1.165, 1.54) is 23.3 Å². The number of aryl methyl sites for hydroxylation is 1. The van der Waals surface area contributed by atoms with Crippen molar-refractivity contribution in [3.8, 4) is 11.3 Å². The molecule has 1 aromatic heterocycles. The van der Waals surface area contributed by atoms with Crippen molar-refractivity contribution in [1.82, 2.24) is 0 Å². The number of para-hydroxylation sites is 1. The molecule has 0 fully saturated rings. The van der Waals surface area contributed by atoms with Crippen LogP contribution in [0.3, 0.4) is 0 Å². The van der Waals surface area contributed by atoms with Gasteiger partial charge in [0.2, 0.25) is 0 Å². The van der Waals surface area contributed by atoms with Crippen molar-refractivity contribution in [2.24, 2.45) is 5.92 Å². The Morgan fingerprint density at radius 2 is 1.84 bits per heavy atom. The lowest BCUT2D eigenvalue weighted by Gasteiger charge is -2.23. The Labute approximate surface area is 215 Å². The number of carboxylic acid groups (broad SMARTS) is 1. The number of hydrogen-bond donors (Lipinski definition) is 2. The number of nitrogens with one attached hydrogen (secondary N) is 1. The van der Waals surface area contributed by atoms with Crippen molar-refractivity contribution in [2.45, 2.75) is 52.5 Å². The number of fused-ring (bicyclic) bond motifs is 2. The minimum absolute atomic E-state index is 0.0839. The molecule has 37 heavy (non-hydrogen) atoms. The van der Waals surface area contributed by atoms with E-state index in [9.17, 15) is 19.1 Å². The summed E-state index contributed by atoms with van der Waals surface area (Å²) in [6.07, 6.45) is 3.22. The summed E-state index contributed by atoms with van der Waals surface area (Å²) < 4.78 is 20.1. The topological polar surface area (TPSA) is 79.5 Å². The molecule has 2 unspecified atom stereocenters. The minimum atomic E-state index is -0.833. The molecule has 0 saturated carbocycles. The Balaban J connectivity index is 1.65. The van der Waals surface area contributed by atoms with E-state index < -0.39 is 11.9 Å². The molecule has 0 amide bonds. The first kappa shape index (κ1) is 24.8. The van der Waals surface area contributed by atoms with E-state index in [0.29, 0.717) is 34.3 Å². The van der Waals surface area contributed by atoms with Gasteiger partial charge in [0.05, 0.1) is 17.3 Å². The Bertz CT molecular complexity index is 1550. The molecule has 0 spiro atoms. The van der Waals surface area contributed by atoms with Gasteiger partial charge in [-0.2, -0.15) is 0 Å². The molecule has 190 valence electrons. The predicted molar refractivity (Wildman–Crippen MR) is 144 cm³/mol. The van der Waals surface area contributed by atoms with E-state index >= 15 is 0 Å². The number of anilines is 1. The largest absolute Gasteiger partial charge is 0.481 e. The Hall–Kier alpha value is -3.93. The van der Waals surface area contributed by atoms with Crippen LogP contribution in [0.1, 0.15) is 54.1 Å². The van der Waals surface area contributed by atoms with Gasteiger partial charge in [0, 0.05) is 22.4 Å². The number of hydrogen-bond acceptors (Lipinski definition) is 4. The summed E-state index contributed by atoms with van der Waals surface area (Å²) in [6, 6.07) is 15.5. The normalized spacial score (nSPS) is 14.4. The summed E-state index contributed by atoms with van der Waals surface area (Å²) in [5.74, 6) is -1.25. The molecule has 1 aliphatic rings. The smallest absolute Gasteiger partial charge is 0.306 e. The van der Waals surface area contributed by atoms with E-state index in [1.54, 1.807) is 26.0 Å². The van der Waals surface area contributed by atoms with Crippen molar-refractivity contribution in [3.05, 3.63) is 98.5 Å². The first-order chi connectivity index (χ1) is 17.7. The molecule has 0 radical (unpaired) electrons. The molecule has 0 saturated heterocycles. The minimum Gasteiger partial charge on any atom is -0.481 e. The maximum Gasteiger partial charge on any atom is 0.306 e. The van der Waals surface area contributed by atoms with Gasteiger partial charge in [0.25, 0.3) is 0 Å². The summed E-state index contributed by atoms with van der Waals surface area (Å²) in [6.45, 7) is 5.49. The standard InChI is InChI=1S/C31H30FNO4/c1-17(31(35)36)15-22-7-4-5-10-26(22)33-19(3)27-24-9-6-8-21(24)16-25-28(34)18(2)29(37-30(25)27)20-11-13-23(32)14-12-20/h4-5,7,10-14,16-17,19,33H,6,8-9,15H2,1-3H3,(H,35,36). The van der Waals surface area contributed by atoms with Gasteiger partial charge in [-0.05, 0) is 92.6 Å². The highest BCUT2D eigenvalue weighted by atomic mass is 19.1. The van der Waals surface area contributed by atoms with Crippen molar-refractivity contribution in [3.63, 3.8) is 0 Å². The van der Waals surface area contributed by atoms with Crippen molar-refractivity contribution < 1.29 is 18.7 Å². The lowest BCUT2D eigenvalue weighted by Crippen LogP contribution is -2.16. The van der Waals surface area contributed by atoms with Crippen LogP contribution in [0.4, 0.5) is 10.1 Å². The van der Waals surface area contributed by atoms with Crippen molar-refractivity contribution in [2.75, 3.05) is 5.32 Å². The second-order valence-corrected chi connectivity index (χ2v) is 10.0. The molecule has 6 heteroatoms. The third-order valence-electron chi connectivity index (χ3n) is 7.40. The molecule has 2 N–H and O–H groups in total. The molecule has 1 aliphatic carbocycles. The molecule has 4 aromatic rings. The monoisotopic (exact) mass is 499 g/mol. The molecular weight excluding hydrogens is 469 g/mol. The van der Waals surface area contributed by atoms with Crippen LogP contribution in [0.15, 0.2) is 63.8 Å². The zero-order chi connectivity index (χ0) is 26.3. The highest BCUT2D eigenvalue weighted by Crippen LogP contribution is 2.38. The van der Waals surface area contributed by atoms with E-state index in [4.69, 9.17) is 4.42 Å². The van der Waals surface area contributed by atoms with E-state index in [-0.39, 0.29) is 17.3 Å². The number of rotatable bonds is 7. The lowest BCUT2D eigenvalue weighted by molar-refractivity contribution is -0.141. The predicted octanol–water partition coefficient (Wildman–Crippen LogP) is 6.83. The average Bonchev–Trinajstić information content (AvgIpc) is 3.35. The summed E-state index contributed by atoms with van der Waals surface area (Å²) in [4.78, 5) is 25.0.